The molecule has 1 amide bonds. The topological polar surface area (TPSA) is 80.2 Å². The second-order valence-electron chi connectivity index (χ2n) is 4.97. The van der Waals surface area contributed by atoms with E-state index in [2.05, 4.69) is 10.5 Å². The average molecular weight is 328 g/mol. The Labute approximate surface area is 140 Å². The van der Waals surface area contributed by atoms with Crippen LogP contribution in [0.3, 0.4) is 0 Å². The van der Waals surface area contributed by atoms with E-state index in [1.54, 1.807) is 12.1 Å². The lowest BCUT2D eigenvalue weighted by molar-refractivity contribution is -0.123. The predicted octanol–water partition coefficient (Wildman–Crippen LogP) is 2.49. The Bertz CT molecular complexity index is 729. The fourth-order valence-corrected chi connectivity index (χ4v) is 2.07. The van der Waals surface area contributed by atoms with Crippen LogP contribution in [0.4, 0.5) is 0 Å². The first-order chi connectivity index (χ1) is 11.6. The van der Waals surface area contributed by atoms with E-state index in [9.17, 15) is 9.90 Å². The number of nitrogens with zero attached hydrogens (tertiary/aromatic N) is 1. The molecule has 0 aliphatic carbocycles. The van der Waals surface area contributed by atoms with Crippen molar-refractivity contribution in [3.63, 3.8) is 0 Å². The maximum Gasteiger partial charge on any atom is 0.277 e. The van der Waals surface area contributed by atoms with Crippen LogP contribution < -0.4 is 14.9 Å². The summed E-state index contributed by atoms with van der Waals surface area (Å²) < 4.78 is 10.5. The minimum atomic E-state index is -0.358. The molecule has 0 saturated heterocycles. The van der Waals surface area contributed by atoms with Gasteiger partial charge < -0.3 is 14.6 Å². The van der Waals surface area contributed by atoms with E-state index >= 15 is 0 Å². The van der Waals surface area contributed by atoms with Crippen molar-refractivity contribution < 1.29 is 19.4 Å². The Kier molecular flexibility index (Phi) is 6.19. The first kappa shape index (κ1) is 17.3. The van der Waals surface area contributed by atoms with Crippen molar-refractivity contribution in [1.29, 1.82) is 0 Å². The van der Waals surface area contributed by atoms with Crippen molar-refractivity contribution in [3.05, 3.63) is 53.6 Å². The zero-order valence-corrected chi connectivity index (χ0v) is 13.7. The van der Waals surface area contributed by atoms with E-state index < -0.39 is 0 Å². The summed E-state index contributed by atoms with van der Waals surface area (Å²) in [5.41, 5.74) is 4.12. The van der Waals surface area contributed by atoms with E-state index in [1.165, 1.54) is 19.4 Å². The molecular weight excluding hydrogens is 308 g/mol. The summed E-state index contributed by atoms with van der Waals surface area (Å²) in [5, 5.41) is 13.4. The molecule has 0 spiro atoms. The number of nitrogens with one attached hydrogen (secondary N) is 1. The summed E-state index contributed by atoms with van der Waals surface area (Å²) in [6, 6.07) is 12.3. The molecule has 0 unspecified atom stereocenters. The summed E-state index contributed by atoms with van der Waals surface area (Å²) in [6.45, 7) is 1.91. The largest absolute Gasteiger partial charge is 0.504 e. The van der Waals surface area contributed by atoms with Gasteiger partial charge in [0.15, 0.2) is 18.1 Å². The maximum absolute atomic E-state index is 11.8. The van der Waals surface area contributed by atoms with Crippen LogP contribution in [0.5, 0.6) is 17.2 Å². The molecule has 2 aromatic carbocycles. The number of hydrogen-bond acceptors (Lipinski definition) is 5. The number of amides is 1. The Hall–Kier alpha value is -3.02. The third-order valence-electron chi connectivity index (χ3n) is 3.32. The molecular formula is C18H20N2O4. The fraction of sp³-hybridized carbons (Fsp3) is 0.222. The molecule has 0 aliphatic rings. The molecule has 24 heavy (non-hydrogen) atoms. The number of benzene rings is 2. The minimum Gasteiger partial charge on any atom is -0.504 e. The maximum atomic E-state index is 11.8. The van der Waals surface area contributed by atoms with Gasteiger partial charge in [-0.05, 0) is 41.8 Å². The Balaban J connectivity index is 1.87. The van der Waals surface area contributed by atoms with E-state index in [-0.39, 0.29) is 18.3 Å². The Morgan fingerprint density at radius 2 is 2.04 bits per heavy atom. The molecule has 0 radical (unpaired) electrons. The van der Waals surface area contributed by atoms with Gasteiger partial charge in [0.1, 0.15) is 5.75 Å². The van der Waals surface area contributed by atoms with Crippen LogP contribution in [0.25, 0.3) is 0 Å². The van der Waals surface area contributed by atoms with Crippen molar-refractivity contribution in [2.24, 2.45) is 5.10 Å². The van der Waals surface area contributed by atoms with Crippen LogP contribution in [0.2, 0.25) is 0 Å². The van der Waals surface area contributed by atoms with Gasteiger partial charge in [-0.15, -0.1) is 0 Å². The lowest BCUT2D eigenvalue weighted by Crippen LogP contribution is -2.24. The number of aryl methyl sites for hydroxylation is 1. The van der Waals surface area contributed by atoms with E-state index in [0.29, 0.717) is 17.1 Å². The minimum absolute atomic E-state index is 0.0432. The first-order valence-corrected chi connectivity index (χ1v) is 7.53. The van der Waals surface area contributed by atoms with Gasteiger partial charge in [-0.25, -0.2) is 5.43 Å². The Morgan fingerprint density at radius 1 is 1.25 bits per heavy atom. The standard InChI is InChI=1S/C18H20N2O4/c1-3-14-6-4-5-7-16(14)24-12-18(22)20-19-11-13-8-9-15(21)17(10-13)23-2/h4-11,21H,3,12H2,1-2H3,(H,20,22)/b19-11+. The molecule has 126 valence electrons. The number of hydrogen-bond donors (Lipinski definition) is 2. The van der Waals surface area contributed by atoms with Crippen molar-refractivity contribution in [1.82, 2.24) is 5.43 Å². The fourth-order valence-electron chi connectivity index (χ4n) is 2.07. The van der Waals surface area contributed by atoms with Gasteiger partial charge in [-0.2, -0.15) is 5.10 Å². The lowest BCUT2D eigenvalue weighted by Gasteiger charge is -2.09. The molecule has 6 heteroatoms. The number of phenols is 1. The molecule has 0 atom stereocenters. The number of rotatable bonds is 7. The monoisotopic (exact) mass is 328 g/mol. The normalized spacial score (nSPS) is 10.6. The number of aromatic hydroxyl groups is 1. The lowest BCUT2D eigenvalue weighted by atomic mass is 10.1. The van der Waals surface area contributed by atoms with Crippen LogP contribution in [0, 0.1) is 0 Å². The van der Waals surface area contributed by atoms with Gasteiger partial charge in [0.2, 0.25) is 0 Å². The summed E-state index contributed by atoms with van der Waals surface area (Å²) in [6.07, 6.45) is 2.29. The number of carbonyl (C=O) groups excluding carboxylic acids is 1. The number of ether oxygens (including phenoxy) is 2. The molecule has 2 aromatic rings. The zero-order valence-electron chi connectivity index (χ0n) is 13.7. The van der Waals surface area contributed by atoms with Crippen LogP contribution in [0.15, 0.2) is 47.6 Å². The highest BCUT2D eigenvalue weighted by Gasteiger charge is 2.05. The number of hydrazone groups is 1. The van der Waals surface area contributed by atoms with E-state index in [4.69, 9.17) is 9.47 Å². The number of para-hydroxylation sites is 1. The summed E-state index contributed by atoms with van der Waals surface area (Å²) in [7, 11) is 1.46. The second-order valence-corrected chi connectivity index (χ2v) is 4.97. The SMILES string of the molecule is CCc1ccccc1OCC(=O)N/N=C/c1ccc(O)c(OC)c1. The van der Waals surface area contributed by atoms with Crippen molar-refractivity contribution in [2.45, 2.75) is 13.3 Å². The summed E-state index contributed by atoms with van der Waals surface area (Å²) in [4.78, 5) is 11.8. The second kappa shape index (κ2) is 8.57. The molecule has 0 saturated carbocycles. The molecule has 6 nitrogen and oxygen atoms in total. The van der Waals surface area contributed by atoms with Gasteiger partial charge in [0.25, 0.3) is 5.91 Å². The number of carbonyl (C=O) groups is 1. The molecule has 0 aliphatic heterocycles. The third kappa shape index (κ3) is 4.74. The van der Waals surface area contributed by atoms with Crippen LogP contribution in [-0.4, -0.2) is 30.9 Å². The molecule has 0 bridgehead atoms. The Morgan fingerprint density at radius 3 is 2.79 bits per heavy atom. The number of phenolic OH excluding ortho intramolecular Hbond substituents is 1. The predicted molar refractivity (Wildman–Crippen MR) is 91.7 cm³/mol. The van der Waals surface area contributed by atoms with Gasteiger partial charge in [-0.3, -0.25) is 4.79 Å². The molecule has 2 rings (SSSR count). The molecule has 2 N–H and O–H groups in total. The van der Waals surface area contributed by atoms with Crippen LogP contribution >= 0.6 is 0 Å². The highest BCUT2D eigenvalue weighted by molar-refractivity contribution is 5.83. The molecule has 0 aromatic heterocycles. The first-order valence-electron chi connectivity index (χ1n) is 7.53. The van der Waals surface area contributed by atoms with E-state index in [1.807, 2.05) is 31.2 Å². The third-order valence-corrected chi connectivity index (χ3v) is 3.32. The summed E-state index contributed by atoms with van der Waals surface area (Å²) >= 11 is 0. The van der Waals surface area contributed by atoms with Gasteiger partial charge in [0.05, 0.1) is 13.3 Å². The zero-order chi connectivity index (χ0) is 17.4. The highest BCUT2D eigenvalue weighted by Crippen LogP contribution is 2.25. The number of methoxy groups -OCH3 is 1. The van der Waals surface area contributed by atoms with Gasteiger partial charge in [-0.1, -0.05) is 25.1 Å². The molecule has 0 heterocycles. The van der Waals surface area contributed by atoms with Crippen molar-refractivity contribution in [3.8, 4) is 17.2 Å². The smallest absolute Gasteiger partial charge is 0.277 e. The van der Waals surface area contributed by atoms with Crippen LogP contribution in [0.1, 0.15) is 18.1 Å². The molecule has 0 fully saturated rings. The van der Waals surface area contributed by atoms with Crippen LogP contribution in [-0.2, 0) is 11.2 Å². The van der Waals surface area contributed by atoms with Crippen molar-refractivity contribution >= 4 is 12.1 Å². The summed E-state index contributed by atoms with van der Waals surface area (Å²) in [5.74, 6) is 0.719. The van der Waals surface area contributed by atoms with Gasteiger partial charge >= 0.3 is 0 Å². The van der Waals surface area contributed by atoms with Crippen molar-refractivity contribution in [2.75, 3.05) is 13.7 Å². The average Bonchev–Trinajstić information content (AvgIpc) is 2.61. The quantitative estimate of drug-likeness (QED) is 0.604. The highest BCUT2D eigenvalue weighted by atomic mass is 16.5. The van der Waals surface area contributed by atoms with E-state index in [0.717, 1.165) is 12.0 Å². The van der Waals surface area contributed by atoms with Gasteiger partial charge in [0, 0.05) is 0 Å².